The first-order valence-corrected chi connectivity index (χ1v) is 6.66. The highest BCUT2D eigenvalue weighted by Gasteiger charge is 2.20. The first-order chi connectivity index (χ1) is 9.88. The summed E-state index contributed by atoms with van der Waals surface area (Å²) < 4.78 is 0.569. The molecule has 0 saturated heterocycles. The molecule has 1 aromatic heterocycles. The van der Waals surface area contributed by atoms with Crippen LogP contribution in [0.2, 0.25) is 5.15 Å². The molecule has 21 heavy (non-hydrogen) atoms. The van der Waals surface area contributed by atoms with E-state index >= 15 is 0 Å². The van der Waals surface area contributed by atoms with Crippen LogP contribution in [0.5, 0.6) is 5.75 Å². The predicted molar refractivity (Wildman–Crippen MR) is 79.7 cm³/mol. The smallest absolute Gasteiger partial charge is 0.311 e. The van der Waals surface area contributed by atoms with Crippen LogP contribution in [0, 0.1) is 10.1 Å². The van der Waals surface area contributed by atoms with Crippen LogP contribution < -0.4 is 5.32 Å². The monoisotopic (exact) mass is 371 g/mol. The Balaban J connectivity index is 2.38. The molecular weight excluding hydrogens is 366 g/mol. The second-order valence-electron chi connectivity index (χ2n) is 3.87. The Morgan fingerprint density at radius 1 is 1.38 bits per heavy atom. The van der Waals surface area contributed by atoms with Crippen LogP contribution in [0.3, 0.4) is 0 Å². The number of aromatic hydroxyl groups is 1. The summed E-state index contributed by atoms with van der Waals surface area (Å²) >= 11 is 8.83. The van der Waals surface area contributed by atoms with Crippen molar-refractivity contribution in [3.05, 3.63) is 55.6 Å². The van der Waals surface area contributed by atoms with Crippen LogP contribution in [0.4, 0.5) is 11.5 Å². The number of nitro groups is 1. The van der Waals surface area contributed by atoms with E-state index in [1.807, 2.05) is 0 Å². The third-order valence-corrected chi connectivity index (χ3v) is 3.18. The molecule has 1 aromatic carbocycles. The molecule has 7 nitrogen and oxygen atoms in total. The number of anilines is 1. The van der Waals surface area contributed by atoms with E-state index < -0.39 is 16.5 Å². The fourth-order valence-corrected chi connectivity index (χ4v) is 2.04. The van der Waals surface area contributed by atoms with Gasteiger partial charge in [-0.25, -0.2) is 4.98 Å². The summed E-state index contributed by atoms with van der Waals surface area (Å²) in [5.41, 5.74) is -0.456. The maximum atomic E-state index is 12.1. The Morgan fingerprint density at radius 3 is 2.76 bits per heavy atom. The molecule has 0 radical (unpaired) electrons. The minimum absolute atomic E-state index is 0.00522. The predicted octanol–water partition coefficient (Wildman–Crippen LogP) is 3.36. The van der Waals surface area contributed by atoms with Gasteiger partial charge in [0.15, 0.2) is 0 Å². The van der Waals surface area contributed by atoms with E-state index in [4.69, 9.17) is 11.6 Å². The number of phenols is 1. The zero-order valence-electron chi connectivity index (χ0n) is 10.2. The van der Waals surface area contributed by atoms with Crippen molar-refractivity contribution in [2.45, 2.75) is 0 Å². The Morgan fingerprint density at radius 2 is 2.10 bits per heavy atom. The van der Waals surface area contributed by atoms with Crippen molar-refractivity contribution in [1.82, 2.24) is 4.98 Å². The number of carbonyl (C=O) groups excluding carboxylic acids is 1. The number of nitrogens with one attached hydrogen (secondary N) is 1. The zero-order chi connectivity index (χ0) is 15.6. The molecule has 0 spiro atoms. The molecule has 0 bridgehead atoms. The minimum atomic E-state index is -0.744. The Bertz CT molecular complexity index is 738. The lowest BCUT2D eigenvalue weighted by atomic mass is 10.2. The number of halogens is 2. The first kappa shape index (κ1) is 15.2. The maximum absolute atomic E-state index is 12.1. The zero-order valence-corrected chi connectivity index (χ0v) is 12.6. The van der Waals surface area contributed by atoms with Gasteiger partial charge in [0.05, 0.1) is 10.5 Å². The average Bonchev–Trinajstić information content (AvgIpc) is 2.41. The van der Waals surface area contributed by atoms with Gasteiger partial charge in [-0.3, -0.25) is 14.9 Å². The third-order valence-electron chi connectivity index (χ3n) is 2.47. The quantitative estimate of drug-likeness (QED) is 0.488. The topological polar surface area (TPSA) is 105 Å². The third kappa shape index (κ3) is 3.47. The molecule has 0 unspecified atom stereocenters. The number of aromatic nitrogens is 1. The molecule has 0 fully saturated rings. The van der Waals surface area contributed by atoms with Crippen LogP contribution >= 0.6 is 27.5 Å². The van der Waals surface area contributed by atoms with E-state index in [1.165, 1.54) is 18.2 Å². The summed E-state index contributed by atoms with van der Waals surface area (Å²) in [4.78, 5) is 26.0. The molecule has 0 aliphatic carbocycles. The fourth-order valence-electron chi connectivity index (χ4n) is 1.53. The molecule has 1 amide bonds. The number of pyridine rings is 1. The van der Waals surface area contributed by atoms with Crippen LogP contribution in [0.1, 0.15) is 10.4 Å². The number of hydrogen-bond acceptors (Lipinski definition) is 5. The summed E-state index contributed by atoms with van der Waals surface area (Å²) in [6.07, 6.45) is 0. The van der Waals surface area contributed by atoms with Crippen molar-refractivity contribution >= 4 is 44.9 Å². The van der Waals surface area contributed by atoms with Gasteiger partial charge in [-0.05, 0) is 24.3 Å². The minimum Gasteiger partial charge on any atom is -0.507 e. The molecule has 2 N–H and O–H groups in total. The largest absolute Gasteiger partial charge is 0.507 e. The van der Waals surface area contributed by atoms with Gasteiger partial charge in [0.1, 0.15) is 10.9 Å². The van der Waals surface area contributed by atoms with Crippen molar-refractivity contribution in [2.75, 3.05) is 5.32 Å². The van der Waals surface area contributed by atoms with E-state index in [9.17, 15) is 20.0 Å². The SMILES string of the molecule is O=C(Nc1nc(Cl)ccc1[N+](=O)[O-])c1cc(Br)ccc1O. The van der Waals surface area contributed by atoms with Gasteiger partial charge in [-0.1, -0.05) is 27.5 Å². The molecule has 0 saturated carbocycles. The average molecular weight is 373 g/mol. The highest BCUT2D eigenvalue weighted by molar-refractivity contribution is 9.10. The van der Waals surface area contributed by atoms with Crippen molar-refractivity contribution < 1.29 is 14.8 Å². The molecule has 9 heteroatoms. The molecule has 0 atom stereocenters. The van der Waals surface area contributed by atoms with Gasteiger partial charge in [-0.2, -0.15) is 0 Å². The van der Waals surface area contributed by atoms with E-state index in [0.717, 1.165) is 6.07 Å². The second-order valence-corrected chi connectivity index (χ2v) is 5.18. The normalized spacial score (nSPS) is 10.2. The molecule has 108 valence electrons. The summed E-state index contributed by atoms with van der Waals surface area (Å²) in [6.45, 7) is 0. The maximum Gasteiger partial charge on any atom is 0.311 e. The summed E-state index contributed by atoms with van der Waals surface area (Å²) in [6, 6.07) is 6.61. The van der Waals surface area contributed by atoms with E-state index in [0.29, 0.717) is 4.47 Å². The molecule has 1 heterocycles. The van der Waals surface area contributed by atoms with Crippen molar-refractivity contribution in [3.63, 3.8) is 0 Å². The molecule has 2 rings (SSSR count). The van der Waals surface area contributed by atoms with Gasteiger partial charge in [0, 0.05) is 10.5 Å². The van der Waals surface area contributed by atoms with E-state index in [-0.39, 0.29) is 22.3 Å². The summed E-state index contributed by atoms with van der Waals surface area (Å²) in [5.74, 6) is -1.30. The van der Waals surface area contributed by atoms with Crippen LogP contribution in [-0.4, -0.2) is 20.9 Å². The van der Waals surface area contributed by atoms with Crippen molar-refractivity contribution in [1.29, 1.82) is 0 Å². The Kier molecular flexibility index (Phi) is 4.39. The van der Waals surface area contributed by atoms with Crippen LogP contribution in [0.15, 0.2) is 34.8 Å². The summed E-state index contributed by atoms with van der Waals surface area (Å²) in [7, 11) is 0. The van der Waals surface area contributed by atoms with Gasteiger partial charge >= 0.3 is 5.69 Å². The van der Waals surface area contributed by atoms with Crippen LogP contribution in [0.25, 0.3) is 0 Å². The number of rotatable bonds is 3. The fraction of sp³-hybridized carbons (Fsp3) is 0. The van der Waals surface area contributed by atoms with Crippen LogP contribution in [-0.2, 0) is 0 Å². The number of carbonyl (C=O) groups is 1. The highest BCUT2D eigenvalue weighted by Crippen LogP contribution is 2.27. The number of benzene rings is 1. The van der Waals surface area contributed by atoms with Gasteiger partial charge in [-0.15, -0.1) is 0 Å². The molecule has 0 aliphatic heterocycles. The highest BCUT2D eigenvalue weighted by atomic mass is 79.9. The number of phenolic OH excluding ortho intramolecular Hbond substituents is 1. The Hall–Kier alpha value is -2.19. The standard InChI is InChI=1S/C12H7BrClN3O4/c13-6-1-3-9(18)7(5-6)12(19)16-11-8(17(20)21)2-4-10(14)15-11/h1-5,18H,(H,15,16,19). The van der Waals surface area contributed by atoms with E-state index in [1.54, 1.807) is 6.07 Å². The van der Waals surface area contributed by atoms with Crippen molar-refractivity contribution in [3.8, 4) is 5.75 Å². The number of nitrogens with zero attached hydrogens (tertiary/aromatic N) is 2. The molecule has 2 aromatic rings. The number of amides is 1. The molecular formula is C12H7BrClN3O4. The first-order valence-electron chi connectivity index (χ1n) is 5.49. The second kappa shape index (κ2) is 6.06. The van der Waals surface area contributed by atoms with Gasteiger partial charge < -0.3 is 10.4 Å². The van der Waals surface area contributed by atoms with Crippen molar-refractivity contribution in [2.24, 2.45) is 0 Å². The lowest BCUT2D eigenvalue weighted by molar-refractivity contribution is -0.384. The molecule has 0 aliphatic rings. The van der Waals surface area contributed by atoms with Gasteiger partial charge in [0.25, 0.3) is 5.91 Å². The lowest BCUT2D eigenvalue weighted by Crippen LogP contribution is -2.14. The lowest BCUT2D eigenvalue weighted by Gasteiger charge is -2.07. The summed E-state index contributed by atoms with van der Waals surface area (Å²) in [5, 5.41) is 22.8. The van der Waals surface area contributed by atoms with E-state index in [2.05, 4.69) is 26.2 Å². The Labute approximate surface area is 131 Å². The van der Waals surface area contributed by atoms with Gasteiger partial charge in [0.2, 0.25) is 5.82 Å². The number of hydrogen-bond donors (Lipinski definition) is 2.